The molecule has 0 saturated carbocycles. The summed E-state index contributed by atoms with van der Waals surface area (Å²) in [4.78, 5) is 24.4. The number of rotatable bonds is 9. The maximum atomic E-state index is 11.9. The van der Waals surface area contributed by atoms with E-state index in [2.05, 4.69) is 33.0 Å². The first-order chi connectivity index (χ1) is 9.26. The largest absolute Gasteiger partial charge is 0.481 e. The quantitative estimate of drug-likeness (QED) is 0.684. The first-order valence-electron chi connectivity index (χ1n) is 7.46. The fourth-order valence-electron chi connectivity index (χ4n) is 2.20. The lowest BCUT2D eigenvalue weighted by molar-refractivity contribution is -0.138. The molecule has 5 heteroatoms. The number of nitrogens with zero attached hydrogens (tertiary/aromatic N) is 1. The van der Waals surface area contributed by atoms with Crippen LogP contribution in [0, 0.1) is 17.8 Å². The van der Waals surface area contributed by atoms with E-state index in [-0.39, 0.29) is 18.4 Å². The van der Waals surface area contributed by atoms with Gasteiger partial charge in [-0.3, -0.25) is 4.79 Å². The predicted molar refractivity (Wildman–Crippen MR) is 80.7 cm³/mol. The number of carboxylic acid groups (broad SMARTS) is 1. The number of carbonyl (C=O) groups excluding carboxylic acids is 1. The van der Waals surface area contributed by atoms with Crippen molar-refractivity contribution in [3.8, 4) is 0 Å². The number of urea groups is 1. The van der Waals surface area contributed by atoms with E-state index < -0.39 is 5.97 Å². The van der Waals surface area contributed by atoms with Gasteiger partial charge >= 0.3 is 12.0 Å². The molecule has 5 nitrogen and oxygen atoms in total. The lowest BCUT2D eigenvalue weighted by atomic mass is 9.94. The summed E-state index contributed by atoms with van der Waals surface area (Å²) in [5.74, 6) is 0.0802. The number of carboxylic acids is 1. The van der Waals surface area contributed by atoms with Crippen molar-refractivity contribution in [1.82, 2.24) is 10.2 Å². The van der Waals surface area contributed by atoms with Crippen molar-refractivity contribution in [2.75, 3.05) is 20.1 Å². The fourth-order valence-corrected chi connectivity index (χ4v) is 2.20. The summed E-state index contributed by atoms with van der Waals surface area (Å²) in [5, 5.41) is 11.7. The molecule has 0 aromatic carbocycles. The molecule has 0 radical (unpaired) electrons. The molecule has 2 atom stereocenters. The summed E-state index contributed by atoms with van der Waals surface area (Å²) < 4.78 is 0. The second-order valence-electron chi connectivity index (χ2n) is 6.17. The number of hydrogen-bond donors (Lipinski definition) is 2. The van der Waals surface area contributed by atoms with Gasteiger partial charge in [-0.05, 0) is 24.2 Å². The molecule has 0 aliphatic carbocycles. The third-order valence-electron chi connectivity index (χ3n) is 3.44. The highest BCUT2D eigenvalue weighted by molar-refractivity contribution is 5.74. The van der Waals surface area contributed by atoms with E-state index in [4.69, 9.17) is 5.11 Å². The molecule has 118 valence electrons. The predicted octanol–water partition coefficient (Wildman–Crippen LogP) is 2.81. The van der Waals surface area contributed by atoms with Gasteiger partial charge in [-0.15, -0.1) is 0 Å². The SMILES string of the molecule is CCC(C)CN(C)C(=O)NC[C@H](CC(=O)O)CC(C)C. The third kappa shape index (κ3) is 8.77. The Bertz CT molecular complexity index is 305. The van der Waals surface area contributed by atoms with Crippen LogP contribution in [0.5, 0.6) is 0 Å². The molecule has 0 saturated heterocycles. The van der Waals surface area contributed by atoms with Gasteiger partial charge in [-0.1, -0.05) is 34.1 Å². The van der Waals surface area contributed by atoms with Crippen molar-refractivity contribution in [2.24, 2.45) is 17.8 Å². The number of amides is 2. The van der Waals surface area contributed by atoms with E-state index >= 15 is 0 Å². The highest BCUT2D eigenvalue weighted by atomic mass is 16.4. The molecule has 0 aromatic rings. The summed E-state index contributed by atoms with van der Waals surface area (Å²) >= 11 is 0. The van der Waals surface area contributed by atoms with Crippen molar-refractivity contribution in [3.05, 3.63) is 0 Å². The topological polar surface area (TPSA) is 69.6 Å². The van der Waals surface area contributed by atoms with Crippen LogP contribution in [0.4, 0.5) is 4.79 Å². The second kappa shape index (κ2) is 9.61. The molecule has 0 fully saturated rings. The molecule has 0 bridgehead atoms. The Morgan fingerprint density at radius 2 is 1.85 bits per heavy atom. The molecular weight excluding hydrogens is 256 g/mol. The molecule has 1 unspecified atom stereocenters. The van der Waals surface area contributed by atoms with E-state index in [1.807, 2.05) is 0 Å². The Balaban J connectivity index is 4.24. The normalized spacial score (nSPS) is 13.9. The summed E-state index contributed by atoms with van der Waals surface area (Å²) in [6.45, 7) is 9.47. The van der Waals surface area contributed by atoms with Crippen molar-refractivity contribution < 1.29 is 14.7 Å². The minimum absolute atomic E-state index is 0.00607. The van der Waals surface area contributed by atoms with E-state index in [0.717, 1.165) is 19.4 Å². The summed E-state index contributed by atoms with van der Waals surface area (Å²) in [5.41, 5.74) is 0. The Hall–Kier alpha value is -1.26. The number of hydrogen-bond acceptors (Lipinski definition) is 2. The third-order valence-corrected chi connectivity index (χ3v) is 3.44. The lowest BCUT2D eigenvalue weighted by Crippen LogP contribution is -2.41. The van der Waals surface area contributed by atoms with Gasteiger partial charge in [0, 0.05) is 26.6 Å². The zero-order valence-corrected chi connectivity index (χ0v) is 13.5. The van der Waals surface area contributed by atoms with Crippen LogP contribution in [0.2, 0.25) is 0 Å². The van der Waals surface area contributed by atoms with Crippen LogP contribution < -0.4 is 5.32 Å². The van der Waals surface area contributed by atoms with Gasteiger partial charge in [0.05, 0.1) is 0 Å². The van der Waals surface area contributed by atoms with Crippen molar-refractivity contribution in [1.29, 1.82) is 0 Å². The Kier molecular flexibility index (Phi) is 9.01. The second-order valence-corrected chi connectivity index (χ2v) is 6.17. The first kappa shape index (κ1) is 18.7. The maximum absolute atomic E-state index is 11.9. The number of aliphatic carboxylic acids is 1. The average Bonchev–Trinajstić information content (AvgIpc) is 2.33. The molecule has 2 N–H and O–H groups in total. The lowest BCUT2D eigenvalue weighted by Gasteiger charge is -2.23. The monoisotopic (exact) mass is 286 g/mol. The van der Waals surface area contributed by atoms with Crippen molar-refractivity contribution in [3.63, 3.8) is 0 Å². The zero-order chi connectivity index (χ0) is 15.7. The minimum atomic E-state index is -0.808. The molecule has 0 heterocycles. The van der Waals surface area contributed by atoms with E-state index in [0.29, 0.717) is 18.4 Å². The van der Waals surface area contributed by atoms with Gasteiger partial charge in [0.15, 0.2) is 0 Å². The van der Waals surface area contributed by atoms with Crippen LogP contribution >= 0.6 is 0 Å². The fraction of sp³-hybridized carbons (Fsp3) is 0.867. The van der Waals surface area contributed by atoms with E-state index in [1.165, 1.54) is 0 Å². The van der Waals surface area contributed by atoms with E-state index in [1.54, 1.807) is 11.9 Å². The highest BCUT2D eigenvalue weighted by Gasteiger charge is 2.17. The zero-order valence-electron chi connectivity index (χ0n) is 13.5. The van der Waals surface area contributed by atoms with Gasteiger partial charge in [0.2, 0.25) is 0 Å². The Labute approximate surface area is 122 Å². The van der Waals surface area contributed by atoms with Crippen LogP contribution in [-0.2, 0) is 4.79 Å². The minimum Gasteiger partial charge on any atom is -0.481 e. The van der Waals surface area contributed by atoms with Gasteiger partial charge in [-0.2, -0.15) is 0 Å². The number of nitrogens with one attached hydrogen (secondary N) is 1. The highest BCUT2D eigenvalue weighted by Crippen LogP contribution is 2.15. The molecule has 0 aliphatic heterocycles. The standard InChI is InChI=1S/C15H30N2O3/c1-6-12(4)10-17(5)15(20)16-9-13(7-11(2)3)8-14(18)19/h11-13H,6-10H2,1-5H3,(H,16,20)(H,18,19)/t12?,13-/m0/s1. The maximum Gasteiger partial charge on any atom is 0.317 e. The van der Waals surface area contributed by atoms with Gasteiger partial charge < -0.3 is 15.3 Å². The van der Waals surface area contributed by atoms with Gasteiger partial charge in [-0.25, -0.2) is 4.79 Å². The Morgan fingerprint density at radius 3 is 2.30 bits per heavy atom. The van der Waals surface area contributed by atoms with Crippen LogP contribution in [0.15, 0.2) is 0 Å². The molecule has 2 amide bonds. The van der Waals surface area contributed by atoms with Gasteiger partial charge in [0.25, 0.3) is 0 Å². The first-order valence-corrected chi connectivity index (χ1v) is 7.46. The van der Waals surface area contributed by atoms with Crippen LogP contribution in [-0.4, -0.2) is 42.1 Å². The summed E-state index contributed by atoms with van der Waals surface area (Å²) in [7, 11) is 1.77. The molecular formula is C15H30N2O3. The smallest absolute Gasteiger partial charge is 0.317 e. The molecule has 0 aromatic heterocycles. The van der Waals surface area contributed by atoms with E-state index in [9.17, 15) is 9.59 Å². The van der Waals surface area contributed by atoms with Crippen molar-refractivity contribution >= 4 is 12.0 Å². The number of carbonyl (C=O) groups is 2. The summed E-state index contributed by atoms with van der Waals surface area (Å²) in [6, 6.07) is -0.121. The Morgan fingerprint density at radius 1 is 1.25 bits per heavy atom. The van der Waals surface area contributed by atoms with Crippen molar-refractivity contribution in [2.45, 2.75) is 47.0 Å². The molecule has 0 aliphatic rings. The van der Waals surface area contributed by atoms with Crippen LogP contribution in [0.25, 0.3) is 0 Å². The molecule has 0 rings (SSSR count). The van der Waals surface area contributed by atoms with Crippen LogP contribution in [0.1, 0.15) is 47.0 Å². The molecule has 0 spiro atoms. The average molecular weight is 286 g/mol. The summed E-state index contributed by atoms with van der Waals surface area (Å²) in [6.07, 6.45) is 1.95. The van der Waals surface area contributed by atoms with Gasteiger partial charge in [0.1, 0.15) is 0 Å². The molecule has 20 heavy (non-hydrogen) atoms. The van der Waals surface area contributed by atoms with Crippen LogP contribution in [0.3, 0.4) is 0 Å².